The van der Waals surface area contributed by atoms with E-state index in [4.69, 9.17) is 0 Å². The lowest BCUT2D eigenvalue weighted by molar-refractivity contribution is -0.138. The minimum atomic E-state index is -4.50. The number of nitrogens with one attached hydrogen (secondary N) is 1. The number of alkyl halides is 6. The molecule has 0 aliphatic rings. The molecule has 0 unspecified atom stereocenters. The van der Waals surface area contributed by atoms with Crippen LogP contribution in [-0.4, -0.2) is 15.8 Å². The Morgan fingerprint density at radius 1 is 0.775 bits per heavy atom. The Morgan fingerprint density at radius 2 is 1.35 bits per heavy atom. The van der Waals surface area contributed by atoms with Gasteiger partial charge in [-0.2, -0.15) is 26.3 Å². The van der Waals surface area contributed by atoms with Gasteiger partial charge >= 0.3 is 12.4 Å². The fraction of sp³-hybridized carbons (Fsp3) is 0.214. The Balaban J connectivity index is 1.46. The smallest absolute Gasteiger partial charge is 0.347 e. The highest BCUT2D eigenvalue weighted by Gasteiger charge is 2.31. The van der Waals surface area contributed by atoms with Gasteiger partial charge in [0.15, 0.2) is 0 Å². The summed E-state index contributed by atoms with van der Waals surface area (Å²) in [6.07, 6.45) is -9.00. The van der Waals surface area contributed by atoms with Gasteiger partial charge in [-0.15, -0.1) is 11.3 Å². The Hall–Kier alpha value is -3.77. The molecule has 4 aromatic rings. The van der Waals surface area contributed by atoms with Crippen LogP contribution in [0.1, 0.15) is 43.3 Å². The summed E-state index contributed by atoms with van der Waals surface area (Å²) in [5.74, 6) is -1.00. The molecule has 0 atom stereocenters. The highest BCUT2D eigenvalue weighted by atomic mass is 32.1. The van der Waals surface area contributed by atoms with Gasteiger partial charge in [0.2, 0.25) is 0 Å². The number of hydrogen-bond donors (Lipinski definition) is 1. The zero-order valence-electron chi connectivity index (χ0n) is 20.7. The fourth-order valence-electron chi connectivity index (χ4n) is 3.93. The minimum absolute atomic E-state index is 0.0628. The van der Waals surface area contributed by atoms with Gasteiger partial charge in [-0.05, 0) is 47.0 Å². The third kappa shape index (κ3) is 8.12. The highest BCUT2D eigenvalue weighted by molar-refractivity contribution is 7.09. The van der Waals surface area contributed by atoms with Crippen molar-refractivity contribution in [2.24, 2.45) is 0 Å². The SMILES string of the molecule is O=C(NCc1cccc(C(F)(F)F)c1)c1csc(CN(Cc2ccc(F)cc2)Cc2cccc(C(F)(F)F)c2)n1. The number of rotatable bonds is 9. The molecule has 1 N–H and O–H groups in total. The lowest BCUT2D eigenvalue weighted by atomic mass is 10.1. The lowest BCUT2D eigenvalue weighted by Crippen LogP contribution is -2.24. The van der Waals surface area contributed by atoms with Crippen LogP contribution in [0.4, 0.5) is 30.7 Å². The van der Waals surface area contributed by atoms with Gasteiger partial charge in [-0.3, -0.25) is 9.69 Å². The average molecular weight is 582 g/mol. The van der Waals surface area contributed by atoms with Crippen LogP contribution in [0.2, 0.25) is 0 Å². The molecule has 0 saturated carbocycles. The van der Waals surface area contributed by atoms with Crippen LogP contribution in [0.25, 0.3) is 0 Å². The van der Waals surface area contributed by atoms with Gasteiger partial charge < -0.3 is 5.32 Å². The van der Waals surface area contributed by atoms with Crippen molar-refractivity contribution in [3.05, 3.63) is 123 Å². The molecule has 1 heterocycles. The van der Waals surface area contributed by atoms with Crippen LogP contribution >= 0.6 is 11.3 Å². The van der Waals surface area contributed by atoms with E-state index >= 15 is 0 Å². The highest BCUT2D eigenvalue weighted by Crippen LogP contribution is 2.31. The molecule has 0 spiro atoms. The zero-order chi connectivity index (χ0) is 28.9. The van der Waals surface area contributed by atoms with E-state index in [1.165, 1.54) is 35.7 Å². The molecule has 0 bridgehead atoms. The molecule has 1 amide bonds. The van der Waals surface area contributed by atoms with Gasteiger partial charge in [-0.1, -0.05) is 42.5 Å². The fourth-order valence-corrected chi connectivity index (χ4v) is 4.75. The molecular weight excluding hydrogens is 559 g/mol. The number of hydrogen-bond acceptors (Lipinski definition) is 4. The standard InChI is InChI=1S/C28H22F7N3OS/c29-23-9-7-18(8-10-23)14-38(15-20-4-2-6-22(12-20)28(33,34)35)16-25-37-24(17-40-25)26(39)36-13-19-3-1-5-21(11-19)27(30,31)32/h1-12,17H,13-16H2,(H,36,39). The summed E-state index contributed by atoms with van der Waals surface area (Å²) in [5.41, 5.74) is -0.132. The first-order chi connectivity index (χ1) is 18.9. The zero-order valence-corrected chi connectivity index (χ0v) is 21.5. The Morgan fingerprint density at radius 3 is 1.98 bits per heavy atom. The van der Waals surface area contributed by atoms with Crippen LogP contribution in [0.5, 0.6) is 0 Å². The second-order valence-electron chi connectivity index (χ2n) is 8.98. The van der Waals surface area contributed by atoms with Crippen molar-refractivity contribution in [1.82, 2.24) is 15.2 Å². The number of halogens is 7. The minimum Gasteiger partial charge on any atom is -0.347 e. The van der Waals surface area contributed by atoms with Crippen molar-refractivity contribution in [2.75, 3.05) is 0 Å². The quantitative estimate of drug-likeness (QED) is 0.209. The van der Waals surface area contributed by atoms with Gasteiger partial charge in [0, 0.05) is 25.0 Å². The summed E-state index contributed by atoms with van der Waals surface area (Å²) in [6.45, 7) is 0.437. The third-order valence-electron chi connectivity index (χ3n) is 5.83. The molecule has 1 aromatic heterocycles. The van der Waals surface area contributed by atoms with Gasteiger partial charge in [0.25, 0.3) is 5.91 Å². The summed E-state index contributed by atoms with van der Waals surface area (Å²) in [6, 6.07) is 15.3. The third-order valence-corrected chi connectivity index (χ3v) is 6.66. The molecule has 0 saturated heterocycles. The van der Waals surface area contributed by atoms with E-state index in [1.807, 2.05) is 4.90 Å². The van der Waals surface area contributed by atoms with Crippen LogP contribution < -0.4 is 5.32 Å². The summed E-state index contributed by atoms with van der Waals surface area (Å²) in [7, 11) is 0. The molecule has 0 aliphatic carbocycles. The van der Waals surface area contributed by atoms with Crippen LogP contribution in [0, 0.1) is 5.82 Å². The maximum absolute atomic E-state index is 13.4. The molecular formula is C28H22F7N3OS. The molecule has 40 heavy (non-hydrogen) atoms. The van der Waals surface area contributed by atoms with Crippen molar-refractivity contribution in [2.45, 2.75) is 38.5 Å². The van der Waals surface area contributed by atoms with E-state index in [2.05, 4.69) is 10.3 Å². The average Bonchev–Trinajstić information content (AvgIpc) is 3.36. The van der Waals surface area contributed by atoms with Gasteiger partial charge in [0.1, 0.15) is 16.5 Å². The van der Waals surface area contributed by atoms with Crippen molar-refractivity contribution < 1.29 is 35.5 Å². The number of aromatic nitrogens is 1. The number of benzene rings is 3. The molecule has 3 aromatic carbocycles. The Bertz CT molecular complexity index is 1450. The summed E-state index contributed by atoms with van der Waals surface area (Å²) < 4.78 is 91.8. The van der Waals surface area contributed by atoms with Gasteiger partial charge in [0.05, 0.1) is 17.7 Å². The van der Waals surface area contributed by atoms with Gasteiger partial charge in [-0.25, -0.2) is 9.37 Å². The largest absolute Gasteiger partial charge is 0.416 e. The molecule has 4 rings (SSSR count). The number of nitrogens with zero attached hydrogens (tertiary/aromatic N) is 2. The second-order valence-corrected chi connectivity index (χ2v) is 9.92. The normalized spacial score (nSPS) is 12.1. The van der Waals surface area contributed by atoms with Crippen LogP contribution in [-0.2, 0) is 38.5 Å². The van der Waals surface area contributed by atoms with E-state index in [9.17, 15) is 35.5 Å². The number of thiazole rings is 1. The van der Waals surface area contributed by atoms with Crippen molar-refractivity contribution >= 4 is 17.2 Å². The molecule has 210 valence electrons. The second kappa shape index (κ2) is 12.2. The first-order valence-corrected chi connectivity index (χ1v) is 12.8. The maximum atomic E-state index is 13.4. The Kier molecular flexibility index (Phi) is 8.89. The first kappa shape index (κ1) is 29.2. The predicted molar refractivity (Wildman–Crippen MR) is 136 cm³/mol. The summed E-state index contributed by atoms with van der Waals surface area (Å²) in [5, 5.41) is 4.54. The van der Waals surface area contributed by atoms with Crippen molar-refractivity contribution in [3.8, 4) is 0 Å². The van der Waals surface area contributed by atoms with Crippen molar-refractivity contribution in [3.63, 3.8) is 0 Å². The number of amides is 1. The van der Waals surface area contributed by atoms with Crippen LogP contribution in [0.3, 0.4) is 0 Å². The van der Waals surface area contributed by atoms with E-state index in [1.54, 1.807) is 18.2 Å². The number of carbonyl (C=O) groups is 1. The molecule has 12 heteroatoms. The molecule has 0 fully saturated rings. The van der Waals surface area contributed by atoms with E-state index in [0.717, 1.165) is 41.2 Å². The monoisotopic (exact) mass is 581 g/mol. The van der Waals surface area contributed by atoms with Crippen molar-refractivity contribution in [1.29, 1.82) is 0 Å². The van der Waals surface area contributed by atoms with E-state index < -0.39 is 35.2 Å². The Labute approximate surface area is 229 Å². The maximum Gasteiger partial charge on any atom is 0.416 e. The molecule has 0 aliphatic heterocycles. The first-order valence-electron chi connectivity index (χ1n) is 11.9. The lowest BCUT2D eigenvalue weighted by Gasteiger charge is -2.22. The summed E-state index contributed by atoms with van der Waals surface area (Å²) >= 11 is 1.16. The van der Waals surface area contributed by atoms with Crippen LogP contribution in [0.15, 0.2) is 78.2 Å². The van der Waals surface area contributed by atoms with E-state index in [0.29, 0.717) is 10.6 Å². The predicted octanol–water partition coefficient (Wildman–Crippen LogP) is 7.45. The molecule has 4 nitrogen and oxygen atoms in total. The topological polar surface area (TPSA) is 45.2 Å². The summed E-state index contributed by atoms with van der Waals surface area (Å²) in [4.78, 5) is 18.7. The molecule has 0 radical (unpaired) electrons. The van der Waals surface area contributed by atoms with E-state index in [-0.39, 0.29) is 37.4 Å². The number of carbonyl (C=O) groups excluding carboxylic acids is 1.